The zero-order chi connectivity index (χ0) is 13.2. The summed E-state index contributed by atoms with van der Waals surface area (Å²) in [6.07, 6.45) is 5.74. The summed E-state index contributed by atoms with van der Waals surface area (Å²) in [5, 5.41) is 9.47. The lowest BCUT2D eigenvalue weighted by atomic mass is 9.84. The van der Waals surface area contributed by atoms with Crippen molar-refractivity contribution < 1.29 is 9.90 Å². The van der Waals surface area contributed by atoms with Crippen molar-refractivity contribution in [3.8, 4) is 0 Å². The fourth-order valence-corrected chi connectivity index (χ4v) is 3.82. The second-order valence-corrected chi connectivity index (χ2v) is 5.86. The number of rotatable bonds is 3. The van der Waals surface area contributed by atoms with Crippen LogP contribution in [0.25, 0.3) is 0 Å². The number of carboxylic acid groups (broad SMARTS) is 1. The summed E-state index contributed by atoms with van der Waals surface area (Å²) >= 11 is 0. The minimum atomic E-state index is -0.648. The van der Waals surface area contributed by atoms with E-state index < -0.39 is 5.97 Å². The third-order valence-electron chi connectivity index (χ3n) is 4.71. The minimum Gasteiger partial charge on any atom is -0.480 e. The normalized spacial score (nSPS) is 31.1. The molecule has 1 N–H and O–H groups in total. The molecular weight excluding hydrogens is 238 g/mol. The lowest BCUT2D eigenvalue weighted by molar-refractivity contribution is -0.142. The highest BCUT2D eigenvalue weighted by atomic mass is 16.4. The summed E-state index contributed by atoms with van der Waals surface area (Å²) in [5.74, 6) is -0.0520. The molecule has 1 aliphatic heterocycles. The molecule has 102 valence electrons. The second kappa shape index (κ2) is 5.33. The van der Waals surface area contributed by atoms with Crippen molar-refractivity contribution in [3.63, 3.8) is 0 Å². The van der Waals surface area contributed by atoms with Crippen LogP contribution >= 0.6 is 0 Å². The van der Waals surface area contributed by atoms with Gasteiger partial charge >= 0.3 is 5.97 Å². The summed E-state index contributed by atoms with van der Waals surface area (Å²) < 4.78 is 0. The Labute approximate surface area is 114 Å². The quantitative estimate of drug-likeness (QED) is 0.907. The Hall–Kier alpha value is -1.35. The summed E-state index contributed by atoms with van der Waals surface area (Å²) in [5.41, 5.74) is 1.22. The fourth-order valence-electron chi connectivity index (χ4n) is 3.82. The van der Waals surface area contributed by atoms with Gasteiger partial charge in [-0.15, -0.1) is 0 Å². The second-order valence-electron chi connectivity index (χ2n) is 5.86. The van der Waals surface area contributed by atoms with Crippen LogP contribution in [0.2, 0.25) is 0 Å². The van der Waals surface area contributed by atoms with Gasteiger partial charge in [-0.05, 0) is 30.7 Å². The number of benzene rings is 1. The standard InChI is InChI=1S/C16H21NO2/c18-16(19)15-10-13-8-4-5-9-14(13)17(15)11-12-6-2-1-3-7-12/h1-3,6-7,13-15H,4-5,8-11H2,(H,18,19)/t13-,14?,15-/m0/s1. The SMILES string of the molecule is O=C(O)[C@@H]1C[C@@H]2CCCCC2N1Cc1ccccc1. The molecular formula is C16H21NO2. The van der Waals surface area contributed by atoms with E-state index in [0.29, 0.717) is 12.0 Å². The van der Waals surface area contributed by atoms with E-state index in [2.05, 4.69) is 17.0 Å². The maximum Gasteiger partial charge on any atom is 0.320 e. The first kappa shape index (κ1) is 12.7. The van der Waals surface area contributed by atoms with E-state index >= 15 is 0 Å². The zero-order valence-electron chi connectivity index (χ0n) is 11.2. The molecule has 0 radical (unpaired) electrons. The highest BCUT2D eigenvalue weighted by molar-refractivity contribution is 5.74. The highest BCUT2D eigenvalue weighted by Gasteiger charge is 2.44. The van der Waals surface area contributed by atoms with Gasteiger partial charge in [0.25, 0.3) is 0 Å². The van der Waals surface area contributed by atoms with Gasteiger partial charge in [-0.25, -0.2) is 0 Å². The van der Waals surface area contributed by atoms with Crippen molar-refractivity contribution in [2.45, 2.75) is 50.7 Å². The van der Waals surface area contributed by atoms with Crippen LogP contribution in [-0.2, 0) is 11.3 Å². The Morgan fingerprint density at radius 2 is 1.95 bits per heavy atom. The van der Waals surface area contributed by atoms with Crippen molar-refractivity contribution in [2.24, 2.45) is 5.92 Å². The van der Waals surface area contributed by atoms with Crippen molar-refractivity contribution in [1.82, 2.24) is 4.90 Å². The average Bonchev–Trinajstić information content (AvgIpc) is 2.79. The van der Waals surface area contributed by atoms with E-state index in [1.54, 1.807) is 0 Å². The van der Waals surface area contributed by atoms with Crippen molar-refractivity contribution >= 4 is 5.97 Å². The van der Waals surface area contributed by atoms with Gasteiger partial charge in [-0.2, -0.15) is 0 Å². The van der Waals surface area contributed by atoms with Crippen LogP contribution in [0.3, 0.4) is 0 Å². The van der Waals surface area contributed by atoms with Gasteiger partial charge in [-0.3, -0.25) is 9.69 Å². The Morgan fingerprint density at radius 1 is 1.21 bits per heavy atom. The van der Waals surface area contributed by atoms with Gasteiger partial charge in [0, 0.05) is 12.6 Å². The largest absolute Gasteiger partial charge is 0.480 e. The van der Waals surface area contributed by atoms with Crippen LogP contribution in [0.15, 0.2) is 30.3 Å². The van der Waals surface area contributed by atoms with Crippen LogP contribution in [-0.4, -0.2) is 28.1 Å². The van der Waals surface area contributed by atoms with Gasteiger partial charge in [0.2, 0.25) is 0 Å². The van der Waals surface area contributed by atoms with Gasteiger partial charge in [0.05, 0.1) is 0 Å². The Kier molecular flexibility index (Phi) is 3.56. The van der Waals surface area contributed by atoms with Gasteiger partial charge in [0.1, 0.15) is 6.04 Å². The fraction of sp³-hybridized carbons (Fsp3) is 0.562. The lowest BCUT2D eigenvalue weighted by Gasteiger charge is -2.33. The molecule has 1 heterocycles. The molecule has 1 unspecified atom stereocenters. The first-order valence-electron chi connectivity index (χ1n) is 7.28. The molecule has 19 heavy (non-hydrogen) atoms. The molecule has 0 amide bonds. The number of carbonyl (C=O) groups is 1. The van der Waals surface area contributed by atoms with Crippen molar-refractivity contribution in [1.29, 1.82) is 0 Å². The number of nitrogens with zero attached hydrogens (tertiary/aromatic N) is 1. The predicted octanol–water partition coefficient (Wildman–Crippen LogP) is 2.90. The van der Waals surface area contributed by atoms with Crippen molar-refractivity contribution in [2.75, 3.05) is 0 Å². The average molecular weight is 259 g/mol. The third kappa shape index (κ3) is 2.52. The zero-order valence-corrected chi connectivity index (χ0v) is 11.2. The van der Waals surface area contributed by atoms with Crippen LogP contribution < -0.4 is 0 Å². The topological polar surface area (TPSA) is 40.5 Å². The van der Waals surface area contributed by atoms with E-state index in [0.717, 1.165) is 13.0 Å². The maximum atomic E-state index is 11.5. The van der Waals surface area contributed by atoms with Crippen LogP contribution in [0.5, 0.6) is 0 Å². The van der Waals surface area contributed by atoms with Crippen LogP contribution in [0.1, 0.15) is 37.7 Å². The number of likely N-dealkylation sites (tertiary alicyclic amines) is 1. The number of carboxylic acids is 1. The van der Waals surface area contributed by atoms with Gasteiger partial charge in [0.15, 0.2) is 0 Å². The van der Waals surface area contributed by atoms with Gasteiger partial charge < -0.3 is 5.11 Å². The number of hydrogen-bond donors (Lipinski definition) is 1. The van der Waals surface area contributed by atoms with E-state index in [-0.39, 0.29) is 6.04 Å². The Balaban J connectivity index is 1.80. The molecule has 0 spiro atoms. The molecule has 1 aromatic carbocycles. The molecule has 3 nitrogen and oxygen atoms in total. The number of hydrogen-bond acceptors (Lipinski definition) is 2. The molecule has 1 aromatic rings. The van der Waals surface area contributed by atoms with E-state index in [9.17, 15) is 9.90 Å². The monoisotopic (exact) mass is 259 g/mol. The molecule has 2 fully saturated rings. The minimum absolute atomic E-state index is 0.284. The Bertz CT molecular complexity index is 445. The first-order valence-corrected chi connectivity index (χ1v) is 7.28. The summed E-state index contributed by atoms with van der Waals surface area (Å²) in [4.78, 5) is 13.7. The molecule has 2 aliphatic rings. The molecule has 0 bridgehead atoms. The smallest absolute Gasteiger partial charge is 0.320 e. The van der Waals surface area contributed by atoms with E-state index in [1.807, 2.05) is 18.2 Å². The third-order valence-corrected chi connectivity index (χ3v) is 4.71. The Morgan fingerprint density at radius 3 is 2.68 bits per heavy atom. The predicted molar refractivity (Wildman–Crippen MR) is 73.8 cm³/mol. The molecule has 3 heteroatoms. The molecule has 1 saturated carbocycles. The molecule has 1 saturated heterocycles. The molecule has 3 atom stereocenters. The maximum absolute atomic E-state index is 11.5. The highest BCUT2D eigenvalue weighted by Crippen LogP contribution is 2.40. The number of fused-ring (bicyclic) bond motifs is 1. The lowest BCUT2D eigenvalue weighted by Crippen LogP contribution is -2.41. The molecule has 3 rings (SSSR count). The molecule has 0 aromatic heterocycles. The summed E-state index contributed by atoms with van der Waals surface area (Å²) in [6, 6.07) is 10.4. The van der Waals surface area contributed by atoms with Crippen molar-refractivity contribution in [3.05, 3.63) is 35.9 Å². The van der Waals surface area contributed by atoms with E-state index in [4.69, 9.17) is 0 Å². The van der Waals surface area contributed by atoms with Gasteiger partial charge in [-0.1, -0.05) is 43.2 Å². The molecule has 1 aliphatic carbocycles. The first-order chi connectivity index (χ1) is 9.25. The van der Waals surface area contributed by atoms with E-state index in [1.165, 1.54) is 31.2 Å². The summed E-state index contributed by atoms with van der Waals surface area (Å²) in [6.45, 7) is 0.777. The number of aliphatic carboxylic acids is 1. The van der Waals surface area contributed by atoms with Crippen LogP contribution in [0, 0.1) is 5.92 Å². The van der Waals surface area contributed by atoms with Crippen LogP contribution in [0.4, 0.5) is 0 Å². The summed E-state index contributed by atoms with van der Waals surface area (Å²) in [7, 11) is 0.